The molecule has 8 heteroatoms. The van der Waals surface area contributed by atoms with Crippen molar-refractivity contribution in [2.75, 3.05) is 11.4 Å². The number of anilines is 1. The summed E-state index contributed by atoms with van der Waals surface area (Å²) in [5, 5.41) is 13.3. The second kappa shape index (κ2) is 7.23. The summed E-state index contributed by atoms with van der Waals surface area (Å²) in [6, 6.07) is 11.0. The fourth-order valence-corrected chi connectivity index (χ4v) is 3.19. The van der Waals surface area contributed by atoms with Crippen molar-refractivity contribution < 1.29 is 19.1 Å². The molecule has 3 rings (SSSR count). The van der Waals surface area contributed by atoms with E-state index in [2.05, 4.69) is 5.32 Å². The topological polar surface area (TPSA) is 69.6 Å². The van der Waals surface area contributed by atoms with Crippen molar-refractivity contribution in [3.05, 3.63) is 63.9 Å². The molecule has 0 bridgehead atoms. The van der Waals surface area contributed by atoms with Crippen molar-refractivity contribution in [1.29, 1.82) is 0 Å². The van der Waals surface area contributed by atoms with Gasteiger partial charge >= 0.3 is 0 Å². The third-order valence-corrected chi connectivity index (χ3v) is 4.79. The summed E-state index contributed by atoms with van der Waals surface area (Å²) in [6.07, 6.45) is -0.0811. The van der Waals surface area contributed by atoms with Crippen LogP contribution in [0.4, 0.5) is 10.1 Å². The van der Waals surface area contributed by atoms with E-state index < -0.39 is 23.2 Å². The molecule has 1 saturated heterocycles. The molecule has 0 saturated carbocycles. The monoisotopic (exact) mass is 396 g/mol. The molecule has 136 valence electrons. The van der Waals surface area contributed by atoms with Gasteiger partial charge in [-0.25, -0.2) is 4.39 Å². The Kier molecular flexibility index (Phi) is 5.18. The van der Waals surface area contributed by atoms with Gasteiger partial charge in [-0.05, 0) is 24.3 Å². The molecule has 0 aliphatic carbocycles. The molecule has 2 N–H and O–H groups in total. The predicted octanol–water partition coefficient (Wildman–Crippen LogP) is 2.92. The molecule has 1 aliphatic heterocycles. The van der Waals surface area contributed by atoms with E-state index in [1.807, 2.05) is 0 Å². The second-order valence-corrected chi connectivity index (χ2v) is 6.79. The fraction of sp³-hybridized carbons (Fsp3) is 0.222. The van der Waals surface area contributed by atoms with Crippen LogP contribution in [0.25, 0.3) is 0 Å². The molecule has 2 amide bonds. The number of benzene rings is 2. The maximum atomic E-state index is 13.9. The molecule has 0 unspecified atom stereocenters. The second-order valence-electron chi connectivity index (χ2n) is 5.94. The molecular formula is C18H15Cl2FN2O3. The molecule has 1 atom stereocenters. The van der Waals surface area contributed by atoms with Gasteiger partial charge < -0.3 is 15.3 Å². The lowest BCUT2D eigenvalue weighted by Crippen LogP contribution is -2.52. The van der Waals surface area contributed by atoms with Crippen molar-refractivity contribution in [2.24, 2.45) is 0 Å². The van der Waals surface area contributed by atoms with Gasteiger partial charge in [0.2, 0.25) is 5.60 Å². The van der Waals surface area contributed by atoms with Gasteiger partial charge in [0, 0.05) is 35.8 Å². The van der Waals surface area contributed by atoms with E-state index in [9.17, 15) is 19.1 Å². The summed E-state index contributed by atoms with van der Waals surface area (Å²) >= 11 is 11.6. The first kappa shape index (κ1) is 18.6. The first-order valence-electron chi connectivity index (χ1n) is 7.84. The van der Waals surface area contributed by atoms with E-state index in [0.29, 0.717) is 10.7 Å². The lowest BCUT2D eigenvalue weighted by molar-refractivity contribution is -0.149. The molecule has 1 heterocycles. The van der Waals surface area contributed by atoms with Gasteiger partial charge in [0.05, 0.1) is 5.02 Å². The zero-order valence-electron chi connectivity index (χ0n) is 13.5. The van der Waals surface area contributed by atoms with Crippen LogP contribution in [0.2, 0.25) is 10.0 Å². The van der Waals surface area contributed by atoms with Gasteiger partial charge in [0.15, 0.2) is 0 Å². The van der Waals surface area contributed by atoms with Gasteiger partial charge in [0.1, 0.15) is 5.82 Å². The number of amides is 2. The first-order valence-corrected chi connectivity index (χ1v) is 8.59. The number of carbonyl (C=O) groups is 2. The highest BCUT2D eigenvalue weighted by molar-refractivity contribution is 6.31. The number of hydrogen-bond donors (Lipinski definition) is 2. The van der Waals surface area contributed by atoms with E-state index in [1.54, 1.807) is 30.3 Å². The van der Waals surface area contributed by atoms with Crippen LogP contribution in [-0.2, 0) is 16.1 Å². The number of nitrogens with one attached hydrogen (secondary N) is 1. The molecule has 2 aromatic carbocycles. The molecule has 0 spiro atoms. The SMILES string of the molecule is O=C(NCc1cccc(Cl)c1F)[C@]1(O)CCN(c2cccc(Cl)c2)C1=O. The molecule has 0 radical (unpaired) electrons. The maximum Gasteiger partial charge on any atom is 0.268 e. The Morgan fingerprint density at radius 1 is 1.27 bits per heavy atom. The summed E-state index contributed by atoms with van der Waals surface area (Å²) in [5.74, 6) is -2.28. The lowest BCUT2D eigenvalue weighted by Gasteiger charge is -2.22. The number of hydrogen-bond acceptors (Lipinski definition) is 3. The Balaban J connectivity index is 1.73. The highest BCUT2D eigenvalue weighted by Crippen LogP contribution is 2.30. The third kappa shape index (κ3) is 3.40. The zero-order valence-corrected chi connectivity index (χ0v) is 15.0. The Hall–Kier alpha value is -2.15. The van der Waals surface area contributed by atoms with Crippen LogP contribution in [-0.4, -0.2) is 29.1 Å². The van der Waals surface area contributed by atoms with Crippen LogP contribution in [0.1, 0.15) is 12.0 Å². The summed E-state index contributed by atoms with van der Waals surface area (Å²) in [6.45, 7) is -0.0351. The van der Waals surface area contributed by atoms with Gasteiger partial charge in [-0.2, -0.15) is 0 Å². The Morgan fingerprint density at radius 2 is 2.00 bits per heavy atom. The molecule has 26 heavy (non-hydrogen) atoms. The Morgan fingerprint density at radius 3 is 2.73 bits per heavy atom. The van der Waals surface area contributed by atoms with E-state index in [1.165, 1.54) is 17.0 Å². The van der Waals surface area contributed by atoms with Crippen LogP contribution in [0.15, 0.2) is 42.5 Å². The molecular weight excluding hydrogens is 382 g/mol. The van der Waals surface area contributed by atoms with Gasteiger partial charge in [-0.15, -0.1) is 0 Å². The van der Waals surface area contributed by atoms with E-state index >= 15 is 0 Å². The van der Waals surface area contributed by atoms with Crippen molar-refractivity contribution >= 4 is 40.7 Å². The number of nitrogens with zero attached hydrogens (tertiary/aromatic N) is 1. The summed E-state index contributed by atoms with van der Waals surface area (Å²) in [4.78, 5) is 26.3. The highest BCUT2D eigenvalue weighted by Gasteiger charge is 2.51. The minimum atomic E-state index is -2.21. The largest absolute Gasteiger partial charge is 0.372 e. The number of aliphatic hydroxyl groups is 1. The minimum Gasteiger partial charge on any atom is -0.372 e. The van der Waals surface area contributed by atoms with Gasteiger partial charge in [-0.3, -0.25) is 9.59 Å². The molecule has 2 aromatic rings. The Bertz CT molecular complexity index is 877. The predicted molar refractivity (Wildman–Crippen MR) is 96.6 cm³/mol. The number of halogens is 3. The van der Waals surface area contributed by atoms with E-state index in [4.69, 9.17) is 23.2 Å². The van der Waals surface area contributed by atoms with E-state index in [0.717, 1.165) is 0 Å². The molecule has 0 aromatic heterocycles. The molecule has 1 aliphatic rings. The lowest BCUT2D eigenvalue weighted by atomic mass is 10.0. The first-order chi connectivity index (χ1) is 12.3. The van der Waals surface area contributed by atoms with Crippen LogP contribution in [0.3, 0.4) is 0 Å². The zero-order chi connectivity index (χ0) is 18.9. The summed E-state index contributed by atoms with van der Waals surface area (Å²) in [7, 11) is 0. The quantitative estimate of drug-likeness (QED) is 0.780. The summed E-state index contributed by atoms with van der Waals surface area (Å²) in [5.41, 5.74) is -1.56. The van der Waals surface area contributed by atoms with Crippen molar-refractivity contribution in [1.82, 2.24) is 5.32 Å². The van der Waals surface area contributed by atoms with Gasteiger partial charge in [0.25, 0.3) is 11.8 Å². The fourth-order valence-electron chi connectivity index (χ4n) is 2.81. The normalized spacial score (nSPS) is 19.7. The van der Waals surface area contributed by atoms with Crippen LogP contribution < -0.4 is 10.2 Å². The Labute approximate surface area is 159 Å². The smallest absolute Gasteiger partial charge is 0.268 e. The van der Waals surface area contributed by atoms with Crippen molar-refractivity contribution in [3.8, 4) is 0 Å². The average molecular weight is 397 g/mol. The summed E-state index contributed by atoms with van der Waals surface area (Å²) < 4.78 is 13.9. The van der Waals surface area contributed by atoms with Crippen molar-refractivity contribution in [3.63, 3.8) is 0 Å². The third-order valence-electron chi connectivity index (χ3n) is 4.26. The standard InChI is InChI=1S/C18H15Cl2FN2O3/c19-12-4-2-5-13(9-12)23-8-7-18(26,17(23)25)16(24)22-10-11-3-1-6-14(20)15(11)21/h1-6,9,26H,7-8,10H2,(H,22,24)/t18-/m1/s1. The maximum absolute atomic E-state index is 13.9. The van der Waals surface area contributed by atoms with Crippen LogP contribution >= 0.6 is 23.2 Å². The molecule has 5 nitrogen and oxygen atoms in total. The number of carbonyl (C=O) groups excluding carboxylic acids is 2. The minimum absolute atomic E-state index is 0.0699. The van der Waals surface area contributed by atoms with Crippen LogP contribution in [0.5, 0.6) is 0 Å². The van der Waals surface area contributed by atoms with E-state index in [-0.39, 0.29) is 30.1 Å². The molecule has 1 fully saturated rings. The van der Waals surface area contributed by atoms with Gasteiger partial charge in [-0.1, -0.05) is 41.4 Å². The average Bonchev–Trinajstić information content (AvgIpc) is 2.92. The number of rotatable bonds is 4. The van der Waals surface area contributed by atoms with Crippen LogP contribution in [0, 0.1) is 5.82 Å². The van der Waals surface area contributed by atoms with Crippen molar-refractivity contribution in [2.45, 2.75) is 18.6 Å². The highest BCUT2D eigenvalue weighted by atomic mass is 35.5.